The van der Waals surface area contributed by atoms with Crippen molar-refractivity contribution in [3.8, 4) is 5.75 Å². The van der Waals surface area contributed by atoms with E-state index in [4.69, 9.17) is 19.7 Å². The molecule has 0 aliphatic rings. The zero-order valence-corrected chi connectivity index (χ0v) is 84.7. The van der Waals surface area contributed by atoms with Gasteiger partial charge in [0.2, 0.25) is 41.4 Å². The molecule has 0 aliphatic heterocycles. The van der Waals surface area contributed by atoms with Crippen LogP contribution in [0.2, 0.25) is 0 Å². The van der Waals surface area contributed by atoms with Gasteiger partial charge in [-0.3, -0.25) is 96.1 Å². The summed E-state index contributed by atoms with van der Waals surface area (Å²) >= 11 is 0. The van der Waals surface area contributed by atoms with Gasteiger partial charge in [0, 0.05) is 155 Å². The summed E-state index contributed by atoms with van der Waals surface area (Å²) in [4.78, 5) is 228. The highest BCUT2D eigenvalue weighted by Gasteiger charge is 2.24. The molecule has 39 nitrogen and oxygen atoms in total. The Bertz CT molecular complexity index is 3910. The molecule has 2 rings (SSSR count). The van der Waals surface area contributed by atoms with Crippen molar-refractivity contribution < 1.29 is 116 Å². The van der Waals surface area contributed by atoms with Gasteiger partial charge in [-0.15, -0.1) is 0 Å². The lowest BCUT2D eigenvalue weighted by Crippen LogP contribution is -2.46. The van der Waals surface area contributed by atoms with E-state index in [-0.39, 0.29) is 237 Å². The summed E-state index contributed by atoms with van der Waals surface area (Å²) < 4.78 is 4.99. The average Bonchev–Trinajstić information content (AvgIpc) is 0.866. The first kappa shape index (κ1) is 130. The van der Waals surface area contributed by atoms with E-state index in [2.05, 4.69) is 78.5 Å². The van der Waals surface area contributed by atoms with Crippen LogP contribution in [0.1, 0.15) is 246 Å². The molecular formula is C99H166B2N15O24. The lowest BCUT2D eigenvalue weighted by atomic mass is 9.80. The Morgan fingerprint density at radius 1 is 0.371 bits per heavy atom. The number of hydrogen-bond acceptors (Lipinski definition) is 32. The Morgan fingerprint density at radius 3 is 1.10 bits per heavy atom. The molecule has 15 N–H and O–H groups in total. The second kappa shape index (κ2) is 84.9. The van der Waals surface area contributed by atoms with Crippen molar-refractivity contribution in [3.63, 3.8) is 0 Å². The van der Waals surface area contributed by atoms with Crippen LogP contribution < -0.4 is 63.3 Å². The molecule has 0 aliphatic carbocycles. The van der Waals surface area contributed by atoms with Gasteiger partial charge >= 0.3 is 14.8 Å². The molecule has 0 heterocycles. The molecular weight excluding hydrogens is 1800 g/mol. The number of hydrogen-bond donors (Lipinski definition) is 15. The van der Waals surface area contributed by atoms with Gasteiger partial charge in [0.25, 0.3) is 0 Å². The molecule has 0 aromatic heterocycles. The fraction of sp³-hybridized carbons (Fsp3) is 0.677. The number of aliphatic hydroxyl groups excluding tert-OH is 2. The summed E-state index contributed by atoms with van der Waals surface area (Å²) in [7, 11) is 2.83. The molecule has 0 saturated carbocycles. The number of Topliss-reactive ketones (excluding diaryl/α,β-unsaturated/α-hetero) is 11. The van der Waals surface area contributed by atoms with Gasteiger partial charge in [-0.25, -0.2) is 0 Å². The van der Waals surface area contributed by atoms with Crippen LogP contribution in [0.5, 0.6) is 5.75 Å². The van der Waals surface area contributed by atoms with E-state index in [0.29, 0.717) is 141 Å². The summed E-state index contributed by atoms with van der Waals surface area (Å²) in [5, 5.41) is 77.5. The summed E-state index contributed by atoms with van der Waals surface area (Å²) in [5.74, 6) is -4.20. The van der Waals surface area contributed by atoms with E-state index < -0.39 is 43.0 Å². The fourth-order valence-electron chi connectivity index (χ4n) is 14.6. The van der Waals surface area contributed by atoms with Crippen molar-refractivity contribution in [1.82, 2.24) is 72.4 Å². The predicted octanol–water partition coefficient (Wildman–Crippen LogP) is 2.04. The predicted molar refractivity (Wildman–Crippen MR) is 539 cm³/mol. The van der Waals surface area contributed by atoms with Gasteiger partial charge in [0.15, 0.2) is 0 Å². The zero-order chi connectivity index (χ0) is 104. The molecule has 2 aromatic rings. The maximum atomic E-state index is 13.0. The van der Waals surface area contributed by atoms with Crippen LogP contribution in [0.25, 0.3) is 0 Å². The van der Waals surface area contributed by atoms with E-state index >= 15 is 0 Å². The van der Waals surface area contributed by atoms with Gasteiger partial charge < -0.3 is 97.8 Å². The zero-order valence-electron chi connectivity index (χ0n) is 84.7. The fourth-order valence-corrected chi connectivity index (χ4v) is 14.6. The Balaban J connectivity index is 0.00000245. The number of nitrogens with zero attached hydrogens (tertiary/aromatic N) is 5. The van der Waals surface area contributed by atoms with Crippen LogP contribution in [0, 0.1) is 0 Å². The van der Waals surface area contributed by atoms with Crippen molar-refractivity contribution in [2.45, 2.75) is 259 Å². The highest BCUT2D eigenvalue weighted by molar-refractivity contribution is 6.58. The second-order valence-electron chi connectivity index (χ2n) is 35.3. The van der Waals surface area contributed by atoms with Gasteiger partial charge in [-0.1, -0.05) is 70.4 Å². The number of ketones is 11. The number of carbonyl (C=O) groups is 18. The quantitative estimate of drug-likeness (QED) is 0.0195. The van der Waals surface area contributed by atoms with Gasteiger partial charge in [-0.2, -0.15) is 0 Å². The molecule has 0 bridgehead atoms. The Morgan fingerprint density at radius 2 is 0.721 bits per heavy atom. The molecule has 140 heavy (non-hydrogen) atoms. The number of benzene rings is 2. The van der Waals surface area contributed by atoms with E-state index in [1.54, 1.807) is 36.4 Å². The summed E-state index contributed by atoms with van der Waals surface area (Å²) in [6, 6.07) is 13.3. The molecule has 2 atom stereocenters. The second-order valence-corrected chi connectivity index (χ2v) is 35.3. The maximum absolute atomic E-state index is 13.0. The molecule has 2 aromatic carbocycles. The maximum Gasteiger partial charge on any atom is 0.569 e. The number of anilines is 1. The topological polar surface area (TPSA) is 554 Å². The molecule has 41 heteroatoms. The van der Waals surface area contributed by atoms with E-state index in [1.807, 2.05) is 39.8 Å². The average molecular weight is 1970 g/mol. The number of aliphatic hydroxyl groups is 2. The largest absolute Gasteiger partial charge is 0.569 e. The normalized spacial score (nSPS) is 11.4. The first-order valence-electron chi connectivity index (χ1n) is 49.7. The van der Waals surface area contributed by atoms with E-state index in [0.717, 1.165) is 109 Å². The summed E-state index contributed by atoms with van der Waals surface area (Å²) in [6.07, 6.45) is 12.1. The third-order valence-corrected chi connectivity index (χ3v) is 21.7. The first-order valence-corrected chi connectivity index (χ1v) is 49.7. The number of carbonyl (C=O) groups excluding carboxylic acids is 18. The van der Waals surface area contributed by atoms with E-state index in [1.165, 1.54) is 33.8 Å². The minimum atomic E-state index is -1.53. The summed E-state index contributed by atoms with van der Waals surface area (Å²) in [6.45, 7) is 23.4. The highest BCUT2D eigenvalue weighted by atomic mass is 16.5. The minimum absolute atomic E-state index is 0.0636. The molecule has 787 valence electrons. The SMILES string of the molecule is C=CC(=O)Nc1cccc(B(O)O)c1.CCCCN(CCCC(=O)CC(=O)CCCN(CCCC(=O)CC(C)=O)CC(O)CN(CCNC(=O)CC(C)=O)CCNC(=O)CC(=O)NCCCCCNC)CCC(=O)Cc1cccc(O[B]O)c1.CCCCNCCCC(=O)CC(=O)CCCN(CCCC(=O)CC(C)=O)CC(O)CN(CCNC(=O)CC(C)=O)CCNC(=O)CC(=O)NCCCCCNC. The Labute approximate surface area is 830 Å². The van der Waals surface area contributed by atoms with Crippen LogP contribution >= 0.6 is 0 Å². The first-order chi connectivity index (χ1) is 66.9. The van der Waals surface area contributed by atoms with Crippen LogP contribution in [-0.4, -0.2) is 359 Å². The molecule has 2 unspecified atom stereocenters. The minimum Gasteiger partial charge on any atom is -0.537 e. The lowest BCUT2D eigenvalue weighted by molar-refractivity contribution is -0.131. The van der Waals surface area contributed by atoms with Gasteiger partial charge in [0.05, 0.1) is 50.7 Å². The van der Waals surface area contributed by atoms with Crippen LogP contribution in [0.15, 0.2) is 61.2 Å². The third kappa shape index (κ3) is 78.9. The number of rotatable bonds is 88. The van der Waals surface area contributed by atoms with Crippen molar-refractivity contribution in [2.75, 3.05) is 183 Å². The Kier molecular flexibility index (Phi) is 79.0. The summed E-state index contributed by atoms with van der Waals surface area (Å²) in [5.41, 5.74) is 1.61. The number of unbranched alkanes of at least 4 members (excludes halogenated alkanes) is 6. The van der Waals surface area contributed by atoms with Crippen LogP contribution in [0.4, 0.5) is 5.69 Å². The van der Waals surface area contributed by atoms with Gasteiger partial charge in [0.1, 0.15) is 82.2 Å². The third-order valence-electron chi connectivity index (χ3n) is 21.7. The number of nitrogens with one attached hydrogen (secondary N) is 10. The van der Waals surface area contributed by atoms with Crippen molar-refractivity contribution >= 4 is 131 Å². The standard InChI is InChI=1S/C50H83BN7O12.C40H73N7O9.C9H10BNO3/c1-5-6-24-56(28-19-45(64)33-41-14-10-18-47(34-41)70-51-69)25-11-16-43(62)35-44(63)17-13-27-57(26-12-15-42(61)31-39(2)59)37-46(65)38-58(29-22-54-48(66)32-40(3)60)30-23-55-50(68)36-49(67)53-21-9-7-8-20-52-4;1-5-6-17-42-18-10-13-35(51)28-36(52)15-12-23-46(22-11-14-34(50)26-32(2)48)30-37(53)31-47(24-20-44-38(54)27-33(3)49)25-21-45-40(56)29-39(55)43-19-9-7-8-16-41-4;1-2-9(12)11-8-5-3-4-7(6-8)10(13)14/h10,14,18,34,46,52,65,69H,5-9,11-13,15-17,19-33,35-38H2,1-4H3,(H,53,67)(H,54,66)(H,55,68);37,41-42,53H,5-31H2,1-4H3,(H,43,55)(H,44,54)(H,45,56);2-6,13-14H,1H2,(H,11,12). The van der Waals surface area contributed by atoms with Crippen molar-refractivity contribution in [1.29, 1.82) is 0 Å². The van der Waals surface area contributed by atoms with E-state index in [9.17, 15) is 96.5 Å². The van der Waals surface area contributed by atoms with Crippen LogP contribution in [-0.2, 0) is 92.7 Å². The molecule has 0 fully saturated rings. The monoisotopic (exact) mass is 1970 g/mol. The van der Waals surface area contributed by atoms with Crippen LogP contribution in [0.3, 0.4) is 0 Å². The molecule has 1 radical (unpaired) electrons. The smallest absolute Gasteiger partial charge is 0.537 e. The van der Waals surface area contributed by atoms with Crippen molar-refractivity contribution in [2.24, 2.45) is 0 Å². The Hall–Kier alpha value is -9.75. The van der Waals surface area contributed by atoms with Gasteiger partial charge in [-0.05, 0) is 226 Å². The van der Waals surface area contributed by atoms with Crippen molar-refractivity contribution in [3.05, 3.63) is 66.7 Å². The number of amides is 7. The molecule has 7 amide bonds. The molecule has 0 saturated heterocycles. The molecule has 0 spiro atoms. The highest BCUT2D eigenvalue weighted by Crippen LogP contribution is 2.17. The lowest BCUT2D eigenvalue weighted by Gasteiger charge is -2.29.